The zero-order valence-electron chi connectivity index (χ0n) is 13.2. The van der Waals surface area contributed by atoms with E-state index in [9.17, 15) is 4.79 Å². The second-order valence-electron chi connectivity index (χ2n) is 5.57. The molecule has 0 spiro atoms. The Morgan fingerprint density at radius 3 is 2.67 bits per heavy atom. The van der Waals surface area contributed by atoms with Crippen molar-refractivity contribution in [2.45, 2.75) is 26.2 Å². The molecule has 0 radical (unpaired) electrons. The first kappa shape index (κ1) is 15.8. The predicted molar refractivity (Wildman–Crippen MR) is 84.6 cm³/mol. The highest BCUT2D eigenvalue weighted by atomic mass is 16.5. The molecule has 4 nitrogen and oxygen atoms in total. The van der Waals surface area contributed by atoms with Gasteiger partial charge in [-0.3, -0.25) is 9.69 Å². The van der Waals surface area contributed by atoms with Crippen molar-refractivity contribution in [3.63, 3.8) is 0 Å². The molecule has 116 valence electrons. The molecule has 0 unspecified atom stereocenters. The molecule has 1 aliphatic heterocycles. The molecule has 0 bridgehead atoms. The van der Waals surface area contributed by atoms with Gasteiger partial charge in [-0.05, 0) is 30.5 Å². The molecule has 0 aromatic heterocycles. The third-order valence-corrected chi connectivity index (χ3v) is 4.04. The van der Waals surface area contributed by atoms with E-state index in [4.69, 9.17) is 4.74 Å². The van der Waals surface area contributed by atoms with E-state index in [2.05, 4.69) is 24.0 Å². The summed E-state index contributed by atoms with van der Waals surface area (Å²) >= 11 is 0. The van der Waals surface area contributed by atoms with Gasteiger partial charge in [0.05, 0.1) is 7.11 Å². The highest BCUT2D eigenvalue weighted by Crippen LogP contribution is 2.14. The normalized spacial score (nSPS) is 16.0. The summed E-state index contributed by atoms with van der Waals surface area (Å²) in [4.78, 5) is 16.3. The van der Waals surface area contributed by atoms with Gasteiger partial charge in [0.25, 0.3) is 0 Å². The number of methoxy groups -OCH3 is 1. The summed E-state index contributed by atoms with van der Waals surface area (Å²) in [7, 11) is 1.70. The first-order chi connectivity index (χ1) is 10.2. The fraction of sp³-hybridized carbons (Fsp3) is 0.588. The van der Waals surface area contributed by atoms with Crippen LogP contribution < -0.4 is 4.74 Å². The number of carbonyl (C=O) groups is 1. The maximum absolute atomic E-state index is 11.8. The van der Waals surface area contributed by atoms with Gasteiger partial charge in [0.15, 0.2) is 0 Å². The van der Waals surface area contributed by atoms with Crippen LogP contribution in [0.5, 0.6) is 5.75 Å². The SMILES string of the molecule is CCCC(=O)N1CCN(CCc2cccc(OC)c2)CC1. The van der Waals surface area contributed by atoms with E-state index in [0.29, 0.717) is 12.3 Å². The van der Waals surface area contributed by atoms with Crippen LogP contribution in [0.2, 0.25) is 0 Å². The van der Waals surface area contributed by atoms with E-state index in [1.807, 2.05) is 17.0 Å². The first-order valence-corrected chi connectivity index (χ1v) is 7.86. The Bertz CT molecular complexity index is 454. The number of amides is 1. The van der Waals surface area contributed by atoms with Crippen LogP contribution in [0.15, 0.2) is 24.3 Å². The Kier molecular flexibility index (Phi) is 6.05. The molecule has 4 heteroatoms. The molecule has 1 aromatic carbocycles. The summed E-state index contributed by atoms with van der Waals surface area (Å²) < 4.78 is 5.25. The van der Waals surface area contributed by atoms with Crippen LogP contribution in [-0.4, -0.2) is 55.5 Å². The van der Waals surface area contributed by atoms with Gasteiger partial charge >= 0.3 is 0 Å². The largest absolute Gasteiger partial charge is 0.497 e. The van der Waals surface area contributed by atoms with Crippen molar-refractivity contribution in [2.75, 3.05) is 39.8 Å². The highest BCUT2D eigenvalue weighted by Gasteiger charge is 2.19. The fourth-order valence-corrected chi connectivity index (χ4v) is 2.71. The molecule has 1 aromatic rings. The lowest BCUT2D eigenvalue weighted by Crippen LogP contribution is -2.49. The monoisotopic (exact) mass is 290 g/mol. The maximum Gasteiger partial charge on any atom is 0.222 e. The number of ether oxygens (including phenoxy) is 1. The zero-order valence-corrected chi connectivity index (χ0v) is 13.2. The molecule has 0 saturated carbocycles. The lowest BCUT2D eigenvalue weighted by molar-refractivity contribution is -0.132. The number of rotatable bonds is 6. The maximum atomic E-state index is 11.8. The number of piperazine rings is 1. The Labute approximate surface area is 127 Å². The molecule has 0 atom stereocenters. The lowest BCUT2D eigenvalue weighted by Gasteiger charge is -2.34. The Morgan fingerprint density at radius 2 is 2.00 bits per heavy atom. The lowest BCUT2D eigenvalue weighted by atomic mass is 10.1. The molecule has 0 N–H and O–H groups in total. The van der Waals surface area contributed by atoms with Crippen LogP contribution in [0.1, 0.15) is 25.3 Å². The van der Waals surface area contributed by atoms with E-state index in [1.165, 1.54) is 5.56 Å². The third-order valence-electron chi connectivity index (χ3n) is 4.04. The Hall–Kier alpha value is -1.55. The van der Waals surface area contributed by atoms with Crippen molar-refractivity contribution >= 4 is 5.91 Å². The van der Waals surface area contributed by atoms with Crippen molar-refractivity contribution in [1.29, 1.82) is 0 Å². The van der Waals surface area contributed by atoms with Crippen LogP contribution in [0, 0.1) is 0 Å². The molecule has 1 aliphatic rings. The molecular formula is C17H26N2O2. The van der Waals surface area contributed by atoms with Crippen LogP contribution in [0.4, 0.5) is 0 Å². The quantitative estimate of drug-likeness (QED) is 0.805. The molecule has 2 rings (SSSR count). The summed E-state index contributed by atoms with van der Waals surface area (Å²) in [5.41, 5.74) is 1.30. The minimum absolute atomic E-state index is 0.310. The van der Waals surface area contributed by atoms with E-state index >= 15 is 0 Å². The van der Waals surface area contributed by atoms with E-state index in [-0.39, 0.29) is 0 Å². The van der Waals surface area contributed by atoms with Gasteiger partial charge in [-0.25, -0.2) is 0 Å². The molecular weight excluding hydrogens is 264 g/mol. The summed E-state index contributed by atoms with van der Waals surface area (Å²) in [5.74, 6) is 1.23. The minimum Gasteiger partial charge on any atom is -0.497 e. The van der Waals surface area contributed by atoms with Gasteiger partial charge in [-0.15, -0.1) is 0 Å². The smallest absolute Gasteiger partial charge is 0.222 e. The second kappa shape index (κ2) is 8.03. The van der Waals surface area contributed by atoms with Crippen LogP contribution in [0.3, 0.4) is 0 Å². The average Bonchev–Trinajstić information content (AvgIpc) is 2.54. The predicted octanol–water partition coefficient (Wildman–Crippen LogP) is 2.18. The van der Waals surface area contributed by atoms with Crippen molar-refractivity contribution in [3.8, 4) is 5.75 Å². The fourth-order valence-electron chi connectivity index (χ4n) is 2.71. The number of hydrogen-bond donors (Lipinski definition) is 0. The molecule has 21 heavy (non-hydrogen) atoms. The van der Waals surface area contributed by atoms with Crippen LogP contribution >= 0.6 is 0 Å². The standard InChI is InChI=1S/C17H26N2O2/c1-3-5-17(20)19-12-10-18(11-13-19)9-8-15-6-4-7-16(14-15)21-2/h4,6-7,14H,3,5,8-13H2,1-2H3. The van der Waals surface area contributed by atoms with Crippen molar-refractivity contribution in [2.24, 2.45) is 0 Å². The van der Waals surface area contributed by atoms with E-state index < -0.39 is 0 Å². The van der Waals surface area contributed by atoms with Gasteiger partial charge < -0.3 is 9.64 Å². The van der Waals surface area contributed by atoms with Crippen molar-refractivity contribution in [3.05, 3.63) is 29.8 Å². The number of carbonyl (C=O) groups excluding carboxylic acids is 1. The van der Waals surface area contributed by atoms with Crippen molar-refractivity contribution < 1.29 is 9.53 Å². The average molecular weight is 290 g/mol. The molecule has 1 amide bonds. The highest BCUT2D eigenvalue weighted by molar-refractivity contribution is 5.76. The zero-order chi connectivity index (χ0) is 15.1. The minimum atomic E-state index is 0.310. The summed E-state index contributed by atoms with van der Waals surface area (Å²) in [5, 5.41) is 0. The summed E-state index contributed by atoms with van der Waals surface area (Å²) in [6, 6.07) is 8.25. The van der Waals surface area contributed by atoms with Gasteiger partial charge in [0.2, 0.25) is 5.91 Å². The molecule has 1 fully saturated rings. The number of nitrogens with zero attached hydrogens (tertiary/aromatic N) is 2. The number of hydrogen-bond acceptors (Lipinski definition) is 3. The first-order valence-electron chi connectivity index (χ1n) is 7.86. The molecule has 1 saturated heterocycles. The van der Waals surface area contributed by atoms with E-state index in [1.54, 1.807) is 7.11 Å². The van der Waals surface area contributed by atoms with Gasteiger partial charge in [-0.2, -0.15) is 0 Å². The number of benzene rings is 1. The summed E-state index contributed by atoms with van der Waals surface area (Å²) in [6.45, 7) is 6.82. The van der Waals surface area contributed by atoms with Gasteiger partial charge in [0.1, 0.15) is 5.75 Å². The second-order valence-corrected chi connectivity index (χ2v) is 5.57. The topological polar surface area (TPSA) is 32.8 Å². The molecule has 0 aliphatic carbocycles. The van der Waals surface area contributed by atoms with Crippen molar-refractivity contribution in [1.82, 2.24) is 9.80 Å². The van der Waals surface area contributed by atoms with Gasteiger partial charge in [-0.1, -0.05) is 19.1 Å². The Balaban J connectivity index is 1.74. The molecule has 1 heterocycles. The van der Waals surface area contributed by atoms with Crippen LogP contribution in [-0.2, 0) is 11.2 Å². The van der Waals surface area contributed by atoms with E-state index in [0.717, 1.165) is 51.3 Å². The summed E-state index contributed by atoms with van der Waals surface area (Å²) in [6.07, 6.45) is 2.65. The Morgan fingerprint density at radius 1 is 1.24 bits per heavy atom. The van der Waals surface area contributed by atoms with Crippen LogP contribution in [0.25, 0.3) is 0 Å². The third kappa shape index (κ3) is 4.74. The van der Waals surface area contributed by atoms with Gasteiger partial charge in [0, 0.05) is 39.1 Å².